The van der Waals surface area contributed by atoms with Crippen LogP contribution in [-0.2, 0) is 32.0 Å². The van der Waals surface area contributed by atoms with Gasteiger partial charge in [0, 0.05) is 54.1 Å². The zero-order chi connectivity index (χ0) is 30.6. The Morgan fingerprint density at radius 1 is 0.976 bits per heavy atom. The lowest BCUT2D eigenvalue weighted by Gasteiger charge is -2.25. The molecule has 15 nitrogen and oxygen atoms in total. The van der Waals surface area contributed by atoms with Gasteiger partial charge in [-0.05, 0) is 24.5 Å². The zero-order valence-corrected chi connectivity index (χ0v) is 23.6. The van der Waals surface area contributed by atoms with E-state index in [2.05, 4.69) is 48.5 Å². The number of para-hydroxylation sites is 1. The van der Waals surface area contributed by atoms with Crippen molar-refractivity contribution >= 4 is 53.2 Å². The monoisotopic (exact) mass is 600 g/mol. The molecule has 12 N–H and O–H groups in total. The van der Waals surface area contributed by atoms with Gasteiger partial charge in [-0.25, -0.2) is 9.78 Å². The maximum absolute atomic E-state index is 13.4. The van der Waals surface area contributed by atoms with E-state index >= 15 is 0 Å². The van der Waals surface area contributed by atoms with Gasteiger partial charge in [-0.3, -0.25) is 19.4 Å². The van der Waals surface area contributed by atoms with Crippen molar-refractivity contribution in [3.8, 4) is 0 Å². The second kappa shape index (κ2) is 15.4. The fourth-order valence-corrected chi connectivity index (χ4v) is 4.39. The van der Waals surface area contributed by atoms with Crippen LogP contribution in [0.1, 0.15) is 24.1 Å². The first kappa shape index (κ1) is 32.0. The number of benzene rings is 1. The average molecular weight is 601 g/mol. The number of carboxylic acids is 1. The highest BCUT2D eigenvalue weighted by molar-refractivity contribution is 7.80. The minimum Gasteiger partial charge on any atom is -0.480 e. The van der Waals surface area contributed by atoms with Gasteiger partial charge in [-0.2, -0.15) is 12.6 Å². The lowest BCUT2D eigenvalue weighted by molar-refractivity contribution is -0.142. The summed E-state index contributed by atoms with van der Waals surface area (Å²) in [6.07, 6.45) is 5.00. The minimum atomic E-state index is -1.29. The SMILES string of the molecule is NC(N)=NCCCC(NC(=O)C(Cc1cnc[nH]1)NC(=O)C(N)CS)C(=O)NC(Cc1c[nH]c2ccccc12)C(=O)O. The maximum Gasteiger partial charge on any atom is 0.326 e. The number of aliphatic imine (C=N–C) groups is 1. The van der Waals surface area contributed by atoms with E-state index in [-0.39, 0.29) is 37.5 Å². The van der Waals surface area contributed by atoms with Crippen molar-refractivity contribution in [3.63, 3.8) is 0 Å². The molecular formula is C26H36N10O5S. The van der Waals surface area contributed by atoms with E-state index in [9.17, 15) is 24.3 Å². The summed E-state index contributed by atoms with van der Waals surface area (Å²) < 4.78 is 0. The smallest absolute Gasteiger partial charge is 0.326 e. The molecule has 0 spiro atoms. The van der Waals surface area contributed by atoms with Crippen LogP contribution in [0.3, 0.4) is 0 Å². The number of guanidine groups is 1. The number of aromatic amines is 2. The van der Waals surface area contributed by atoms with E-state index in [0.29, 0.717) is 17.7 Å². The number of carbonyl (C=O) groups excluding carboxylic acids is 3. The number of rotatable bonds is 16. The molecule has 2 heterocycles. The first-order chi connectivity index (χ1) is 20.1. The predicted octanol–water partition coefficient (Wildman–Crippen LogP) is -1.47. The largest absolute Gasteiger partial charge is 0.480 e. The second-order valence-electron chi connectivity index (χ2n) is 9.60. The number of nitrogens with two attached hydrogens (primary N) is 3. The van der Waals surface area contributed by atoms with Crippen molar-refractivity contribution in [1.82, 2.24) is 30.9 Å². The Morgan fingerprint density at radius 3 is 2.33 bits per heavy atom. The van der Waals surface area contributed by atoms with Crippen LogP contribution in [-0.4, -0.2) is 86.2 Å². The highest BCUT2D eigenvalue weighted by Gasteiger charge is 2.31. The Bertz CT molecular complexity index is 1390. The van der Waals surface area contributed by atoms with Crippen molar-refractivity contribution in [1.29, 1.82) is 0 Å². The molecule has 0 radical (unpaired) electrons. The molecule has 0 saturated heterocycles. The summed E-state index contributed by atoms with van der Waals surface area (Å²) in [4.78, 5) is 65.2. The van der Waals surface area contributed by atoms with E-state index in [0.717, 1.165) is 10.9 Å². The van der Waals surface area contributed by atoms with E-state index in [1.165, 1.54) is 12.5 Å². The standard InChI is InChI=1S/C26H36N10O5S/c27-17(12-42)22(37)35-20(9-15-11-30-13-33-15)24(39)34-19(6-3-7-31-26(28)29)23(38)36-21(25(40)41)8-14-10-32-18-5-2-1-4-16(14)18/h1-2,4-5,10-11,13,17,19-21,32,42H,3,6-9,12,27H2,(H,30,33)(H,34,39)(H,35,37)(H,36,38)(H,40,41)(H4,28,29,31). The predicted molar refractivity (Wildman–Crippen MR) is 159 cm³/mol. The Balaban J connectivity index is 1.79. The van der Waals surface area contributed by atoms with Crippen LogP contribution in [0.2, 0.25) is 0 Å². The molecule has 4 unspecified atom stereocenters. The number of aliphatic carboxylic acids is 1. The van der Waals surface area contributed by atoms with Crippen LogP contribution < -0.4 is 33.2 Å². The molecular weight excluding hydrogens is 564 g/mol. The number of carboxylic acid groups (broad SMARTS) is 1. The number of carbonyl (C=O) groups is 4. The van der Waals surface area contributed by atoms with Gasteiger partial charge in [-0.1, -0.05) is 18.2 Å². The van der Waals surface area contributed by atoms with E-state index in [1.54, 1.807) is 6.20 Å². The van der Waals surface area contributed by atoms with Crippen molar-refractivity contribution in [3.05, 3.63) is 54.2 Å². The number of imidazole rings is 1. The van der Waals surface area contributed by atoms with Gasteiger partial charge in [0.2, 0.25) is 17.7 Å². The molecule has 0 saturated carbocycles. The summed E-state index contributed by atoms with van der Waals surface area (Å²) in [6.45, 7) is 0.171. The van der Waals surface area contributed by atoms with Crippen molar-refractivity contribution in [2.24, 2.45) is 22.2 Å². The van der Waals surface area contributed by atoms with Gasteiger partial charge in [0.05, 0.1) is 12.4 Å². The molecule has 0 aliphatic rings. The number of fused-ring (bicyclic) bond motifs is 1. The van der Waals surface area contributed by atoms with Crippen LogP contribution >= 0.6 is 12.6 Å². The number of hydrogen-bond donors (Lipinski definition) is 10. The molecule has 42 heavy (non-hydrogen) atoms. The van der Waals surface area contributed by atoms with Crippen LogP contribution in [0.4, 0.5) is 0 Å². The minimum absolute atomic E-state index is 0.000123. The third-order valence-corrected chi connectivity index (χ3v) is 6.83. The number of H-pyrrole nitrogens is 2. The Labute approximate surface area is 246 Å². The molecule has 3 amide bonds. The summed E-state index contributed by atoms with van der Waals surface area (Å²) in [5.74, 6) is -3.35. The highest BCUT2D eigenvalue weighted by Crippen LogP contribution is 2.19. The van der Waals surface area contributed by atoms with Gasteiger partial charge in [0.15, 0.2) is 5.96 Å². The molecule has 0 aliphatic carbocycles. The molecule has 1 aromatic carbocycles. The zero-order valence-electron chi connectivity index (χ0n) is 22.7. The molecule has 226 valence electrons. The summed E-state index contributed by atoms with van der Waals surface area (Å²) in [5, 5.41) is 18.5. The lowest BCUT2D eigenvalue weighted by atomic mass is 10.0. The molecule has 3 aromatic rings. The molecule has 2 aromatic heterocycles. The van der Waals surface area contributed by atoms with Crippen molar-refractivity contribution in [2.45, 2.75) is 49.9 Å². The topological polar surface area (TPSA) is 259 Å². The summed E-state index contributed by atoms with van der Waals surface area (Å²) in [5.41, 5.74) is 18.6. The number of nitrogens with one attached hydrogen (secondary N) is 5. The van der Waals surface area contributed by atoms with Gasteiger partial charge in [0.25, 0.3) is 0 Å². The average Bonchev–Trinajstić information content (AvgIpc) is 3.63. The molecule has 0 aliphatic heterocycles. The van der Waals surface area contributed by atoms with Crippen LogP contribution in [0.5, 0.6) is 0 Å². The summed E-state index contributed by atoms with van der Waals surface area (Å²) >= 11 is 4.03. The fraction of sp³-hybridized carbons (Fsp3) is 0.385. The van der Waals surface area contributed by atoms with Crippen molar-refractivity contribution < 1.29 is 24.3 Å². The lowest BCUT2D eigenvalue weighted by Crippen LogP contribution is -2.58. The van der Waals surface area contributed by atoms with Gasteiger partial charge >= 0.3 is 5.97 Å². The molecule has 16 heteroatoms. The first-order valence-corrected chi connectivity index (χ1v) is 13.8. The Kier molecular flexibility index (Phi) is 11.7. The van der Waals surface area contributed by atoms with E-state index in [4.69, 9.17) is 17.2 Å². The number of thiol groups is 1. The van der Waals surface area contributed by atoms with Gasteiger partial charge < -0.3 is 48.2 Å². The van der Waals surface area contributed by atoms with Crippen LogP contribution in [0.25, 0.3) is 10.9 Å². The molecule has 4 atom stereocenters. The third kappa shape index (κ3) is 9.24. The summed E-state index contributed by atoms with van der Waals surface area (Å²) in [6, 6.07) is 2.84. The number of amides is 3. The van der Waals surface area contributed by atoms with E-state index < -0.39 is 47.9 Å². The quantitative estimate of drug-likeness (QED) is 0.0397. The maximum atomic E-state index is 13.4. The van der Waals surface area contributed by atoms with Gasteiger partial charge in [-0.15, -0.1) is 0 Å². The fourth-order valence-electron chi connectivity index (χ4n) is 4.22. The number of hydrogen-bond acceptors (Lipinski definition) is 8. The number of aromatic nitrogens is 3. The molecule has 0 fully saturated rings. The summed E-state index contributed by atoms with van der Waals surface area (Å²) in [7, 11) is 0. The molecule has 0 bridgehead atoms. The van der Waals surface area contributed by atoms with Crippen LogP contribution in [0, 0.1) is 0 Å². The normalized spacial score (nSPS) is 13.9. The Hall–Kier alpha value is -4.57. The Morgan fingerprint density at radius 2 is 1.67 bits per heavy atom. The number of nitrogens with zero attached hydrogens (tertiary/aromatic N) is 2. The third-order valence-electron chi connectivity index (χ3n) is 6.44. The first-order valence-electron chi connectivity index (χ1n) is 13.2. The molecule has 3 rings (SSSR count). The van der Waals surface area contributed by atoms with Crippen LogP contribution in [0.15, 0.2) is 48.0 Å². The van der Waals surface area contributed by atoms with Crippen molar-refractivity contribution in [2.75, 3.05) is 12.3 Å². The van der Waals surface area contributed by atoms with E-state index in [1.807, 2.05) is 24.3 Å². The second-order valence-corrected chi connectivity index (χ2v) is 9.97. The van der Waals surface area contributed by atoms with Gasteiger partial charge in [0.1, 0.15) is 18.1 Å². The highest BCUT2D eigenvalue weighted by atomic mass is 32.1.